The summed E-state index contributed by atoms with van der Waals surface area (Å²) in [5.74, 6) is 0.712. The maximum absolute atomic E-state index is 5.67. The van der Waals surface area contributed by atoms with Gasteiger partial charge in [-0.3, -0.25) is 0 Å². The number of rotatable bonds is 2. The molecule has 2 nitrogen and oxygen atoms in total. The molecule has 0 bridgehead atoms. The first-order valence-corrected chi connectivity index (χ1v) is 5.58. The number of hydrogen-bond donors (Lipinski definition) is 0. The lowest BCUT2D eigenvalue weighted by Crippen LogP contribution is -2.12. The molecule has 1 aromatic rings. The summed E-state index contributed by atoms with van der Waals surface area (Å²) in [6, 6.07) is 8.14. The van der Waals surface area contributed by atoms with Gasteiger partial charge in [-0.2, -0.15) is 0 Å². The first kappa shape index (κ1) is 10.4. The highest BCUT2D eigenvalue weighted by atomic mass is 79.9. The zero-order valence-corrected chi connectivity index (χ0v) is 10.1. The molecule has 1 aliphatic heterocycles. The predicted octanol–water partition coefficient (Wildman–Crippen LogP) is 3.05. The van der Waals surface area contributed by atoms with Gasteiger partial charge in [0.1, 0.15) is 0 Å². The maximum Gasteiger partial charge on any atom is 0.216 e. The first-order chi connectivity index (χ1) is 7.16. The van der Waals surface area contributed by atoms with Crippen LogP contribution in [0.1, 0.15) is 11.1 Å². The van der Waals surface area contributed by atoms with E-state index < -0.39 is 0 Å². The summed E-state index contributed by atoms with van der Waals surface area (Å²) in [6.45, 7) is 6.50. The molecule has 78 valence electrons. The second-order valence-corrected chi connectivity index (χ2v) is 4.59. The number of aliphatic imine (C=N–C) groups is 1. The van der Waals surface area contributed by atoms with Crippen LogP contribution in [0.4, 0.5) is 0 Å². The molecule has 15 heavy (non-hydrogen) atoms. The van der Waals surface area contributed by atoms with E-state index >= 15 is 0 Å². The average Bonchev–Trinajstić information content (AvgIpc) is 2.66. The van der Waals surface area contributed by atoms with Crippen molar-refractivity contribution in [2.45, 2.75) is 13.0 Å². The molecular weight excluding hydrogens is 254 g/mol. The van der Waals surface area contributed by atoms with E-state index in [9.17, 15) is 0 Å². The van der Waals surface area contributed by atoms with Crippen molar-refractivity contribution in [3.05, 3.63) is 46.5 Å². The molecule has 0 saturated carbocycles. The van der Waals surface area contributed by atoms with E-state index in [0.29, 0.717) is 12.4 Å². The van der Waals surface area contributed by atoms with E-state index in [2.05, 4.69) is 46.6 Å². The fourth-order valence-corrected chi connectivity index (χ4v) is 1.71. The molecule has 1 heterocycles. The van der Waals surface area contributed by atoms with E-state index in [1.54, 1.807) is 0 Å². The Morgan fingerprint density at radius 1 is 1.60 bits per heavy atom. The number of nitrogens with zero attached hydrogens (tertiary/aromatic N) is 1. The van der Waals surface area contributed by atoms with Gasteiger partial charge in [-0.25, -0.2) is 4.99 Å². The fraction of sp³-hybridized carbons (Fsp3) is 0.250. The monoisotopic (exact) mass is 265 g/mol. The summed E-state index contributed by atoms with van der Waals surface area (Å²) in [4.78, 5) is 4.35. The molecule has 3 heteroatoms. The van der Waals surface area contributed by atoms with E-state index in [0.717, 1.165) is 10.0 Å². The van der Waals surface area contributed by atoms with Crippen LogP contribution < -0.4 is 0 Å². The van der Waals surface area contributed by atoms with Crippen LogP contribution in [0.3, 0.4) is 0 Å². The lowest BCUT2D eigenvalue weighted by Gasteiger charge is -2.09. The van der Waals surface area contributed by atoms with E-state index in [4.69, 9.17) is 4.74 Å². The van der Waals surface area contributed by atoms with Gasteiger partial charge in [-0.05, 0) is 19.1 Å². The number of hydrogen-bond acceptors (Lipinski definition) is 2. The Hall–Kier alpha value is -1.09. The van der Waals surface area contributed by atoms with Crippen LogP contribution >= 0.6 is 15.9 Å². The third-order valence-corrected chi connectivity index (χ3v) is 2.78. The van der Waals surface area contributed by atoms with Crippen molar-refractivity contribution in [2.24, 2.45) is 4.99 Å². The third kappa shape index (κ3) is 2.29. The highest BCUT2D eigenvalue weighted by molar-refractivity contribution is 9.11. The molecule has 0 N–H and O–H groups in total. The van der Waals surface area contributed by atoms with Gasteiger partial charge < -0.3 is 4.74 Å². The van der Waals surface area contributed by atoms with Crippen molar-refractivity contribution >= 4 is 21.8 Å². The summed E-state index contributed by atoms with van der Waals surface area (Å²) in [6.07, 6.45) is -0.0273. The summed E-state index contributed by atoms with van der Waals surface area (Å²) in [5, 5.41) is 0. The van der Waals surface area contributed by atoms with Gasteiger partial charge in [0.2, 0.25) is 5.90 Å². The van der Waals surface area contributed by atoms with Gasteiger partial charge in [0.05, 0.1) is 6.54 Å². The van der Waals surface area contributed by atoms with Crippen molar-refractivity contribution in [1.82, 2.24) is 0 Å². The second-order valence-electron chi connectivity index (χ2n) is 3.57. The van der Waals surface area contributed by atoms with E-state index in [1.165, 1.54) is 5.56 Å². The lowest BCUT2D eigenvalue weighted by molar-refractivity contribution is 0.272. The van der Waals surface area contributed by atoms with Gasteiger partial charge in [0.15, 0.2) is 6.10 Å². The van der Waals surface area contributed by atoms with Crippen molar-refractivity contribution < 1.29 is 4.74 Å². The van der Waals surface area contributed by atoms with Gasteiger partial charge in [0, 0.05) is 10.0 Å². The highest BCUT2D eigenvalue weighted by Crippen LogP contribution is 2.20. The van der Waals surface area contributed by atoms with Crippen molar-refractivity contribution in [2.75, 3.05) is 6.54 Å². The van der Waals surface area contributed by atoms with Gasteiger partial charge in [0.25, 0.3) is 0 Å². The highest BCUT2D eigenvalue weighted by Gasteiger charge is 2.22. The molecule has 1 aromatic carbocycles. The van der Waals surface area contributed by atoms with Crippen LogP contribution in [0.5, 0.6) is 0 Å². The number of halogens is 1. The molecule has 0 radical (unpaired) electrons. The molecule has 0 amide bonds. The summed E-state index contributed by atoms with van der Waals surface area (Å²) < 4.78 is 6.51. The van der Waals surface area contributed by atoms with Gasteiger partial charge in [-0.15, -0.1) is 0 Å². The number of aryl methyl sites for hydroxylation is 1. The van der Waals surface area contributed by atoms with Crippen LogP contribution in [-0.4, -0.2) is 18.5 Å². The summed E-state index contributed by atoms with van der Waals surface area (Å²) in [7, 11) is 0. The Morgan fingerprint density at radius 3 is 3.00 bits per heavy atom. The minimum Gasteiger partial charge on any atom is -0.467 e. The third-order valence-electron chi connectivity index (χ3n) is 2.27. The van der Waals surface area contributed by atoms with Crippen molar-refractivity contribution in [1.29, 1.82) is 0 Å². The van der Waals surface area contributed by atoms with Gasteiger partial charge in [-0.1, -0.05) is 40.2 Å². The zero-order valence-electron chi connectivity index (χ0n) is 8.53. The molecular formula is C12H12BrNO. The fourth-order valence-electron chi connectivity index (χ4n) is 1.48. The zero-order chi connectivity index (χ0) is 10.8. The normalized spacial score (nSPS) is 19.6. The van der Waals surface area contributed by atoms with Gasteiger partial charge >= 0.3 is 0 Å². The summed E-state index contributed by atoms with van der Waals surface area (Å²) >= 11 is 3.32. The minimum atomic E-state index is -0.0273. The molecule has 1 aliphatic rings. The largest absolute Gasteiger partial charge is 0.467 e. The Morgan fingerprint density at radius 2 is 2.40 bits per heavy atom. The number of benzene rings is 1. The van der Waals surface area contributed by atoms with Crippen molar-refractivity contribution in [3.63, 3.8) is 0 Å². The van der Waals surface area contributed by atoms with Crippen LogP contribution in [-0.2, 0) is 4.74 Å². The molecule has 0 unspecified atom stereocenters. The average molecular weight is 266 g/mol. The lowest BCUT2D eigenvalue weighted by atomic mass is 10.1. The Labute approximate surface area is 97.8 Å². The predicted molar refractivity (Wildman–Crippen MR) is 65.5 cm³/mol. The van der Waals surface area contributed by atoms with Crippen LogP contribution in [0.25, 0.3) is 0 Å². The first-order valence-electron chi connectivity index (χ1n) is 4.79. The van der Waals surface area contributed by atoms with Crippen LogP contribution in [0.2, 0.25) is 0 Å². The number of ether oxygens (including phenoxy) is 1. The Kier molecular flexibility index (Phi) is 2.91. The molecule has 0 fully saturated rings. The maximum atomic E-state index is 5.67. The van der Waals surface area contributed by atoms with E-state index in [1.807, 2.05) is 12.1 Å². The van der Waals surface area contributed by atoms with E-state index in [-0.39, 0.29) is 6.10 Å². The Balaban J connectivity index is 2.17. The minimum absolute atomic E-state index is 0.0273. The second kappa shape index (κ2) is 4.19. The summed E-state index contributed by atoms with van der Waals surface area (Å²) in [5.41, 5.74) is 2.24. The topological polar surface area (TPSA) is 21.6 Å². The standard InChI is InChI=1S/C12H12BrNO/c1-8-4-3-5-10(6-8)12-14-7-11(15-12)9(2)13/h3-6,11H,2,7H2,1H3/t11-/m1/s1. The SMILES string of the molecule is C=C(Br)[C@H]1CN=C(c2cccc(C)c2)O1. The molecule has 0 saturated heterocycles. The quantitative estimate of drug-likeness (QED) is 0.806. The molecule has 2 rings (SSSR count). The Bertz CT molecular complexity index is 425. The molecule has 0 spiro atoms. The van der Waals surface area contributed by atoms with Crippen LogP contribution in [0, 0.1) is 6.92 Å². The smallest absolute Gasteiger partial charge is 0.216 e. The van der Waals surface area contributed by atoms with Crippen LogP contribution in [0.15, 0.2) is 40.3 Å². The van der Waals surface area contributed by atoms with Crippen molar-refractivity contribution in [3.8, 4) is 0 Å². The molecule has 0 aromatic heterocycles. The molecule has 0 aliphatic carbocycles. The molecule has 1 atom stereocenters.